The van der Waals surface area contributed by atoms with Crippen LogP contribution < -0.4 is 0 Å². The molecule has 1 saturated carbocycles. The van der Waals surface area contributed by atoms with Crippen LogP contribution in [0, 0.1) is 5.92 Å². The fraction of sp³-hybridized carbons (Fsp3) is 0.389. The maximum atomic E-state index is 12.3. The summed E-state index contributed by atoms with van der Waals surface area (Å²) in [5.74, 6) is 1.54. The van der Waals surface area contributed by atoms with Crippen LogP contribution in [0.4, 0.5) is 0 Å². The van der Waals surface area contributed by atoms with Crippen LogP contribution in [0.2, 0.25) is 0 Å². The molecular weight excluding hydrogens is 262 g/mol. The van der Waals surface area contributed by atoms with Crippen molar-refractivity contribution in [3.8, 4) is 0 Å². The molecule has 0 radical (unpaired) electrons. The summed E-state index contributed by atoms with van der Waals surface area (Å²) in [5, 5.41) is 1.06. The summed E-state index contributed by atoms with van der Waals surface area (Å²) in [6.45, 7) is 3.84. The molecule has 3 nitrogen and oxygen atoms in total. The molecule has 0 N–H and O–H groups in total. The van der Waals surface area contributed by atoms with Gasteiger partial charge in [0.2, 0.25) is 5.91 Å². The SMILES string of the molecule is CCCN(CC1CC1)C(=O)/C=C/c1cc2ccccc2o1. The number of hydrogen-bond donors (Lipinski definition) is 0. The molecule has 21 heavy (non-hydrogen) atoms. The van der Waals surface area contributed by atoms with Crippen molar-refractivity contribution < 1.29 is 9.21 Å². The van der Waals surface area contributed by atoms with E-state index in [0.29, 0.717) is 0 Å². The fourth-order valence-electron chi connectivity index (χ4n) is 2.52. The zero-order valence-electron chi connectivity index (χ0n) is 12.4. The Morgan fingerprint density at radius 2 is 2.19 bits per heavy atom. The lowest BCUT2D eigenvalue weighted by molar-refractivity contribution is -0.126. The average molecular weight is 283 g/mol. The summed E-state index contributed by atoms with van der Waals surface area (Å²) in [5.41, 5.74) is 0.855. The van der Waals surface area contributed by atoms with Crippen LogP contribution in [0.15, 0.2) is 40.8 Å². The first kappa shape index (κ1) is 13.9. The molecule has 110 valence electrons. The van der Waals surface area contributed by atoms with Gasteiger partial charge in [0.1, 0.15) is 11.3 Å². The molecule has 2 aromatic rings. The minimum Gasteiger partial charge on any atom is -0.457 e. The van der Waals surface area contributed by atoms with Crippen LogP contribution in [0.3, 0.4) is 0 Å². The van der Waals surface area contributed by atoms with E-state index in [1.165, 1.54) is 12.8 Å². The molecule has 3 heteroatoms. The van der Waals surface area contributed by atoms with E-state index in [-0.39, 0.29) is 5.91 Å². The largest absolute Gasteiger partial charge is 0.457 e. The van der Waals surface area contributed by atoms with E-state index in [4.69, 9.17) is 4.42 Å². The molecule has 1 fully saturated rings. The lowest BCUT2D eigenvalue weighted by Gasteiger charge is -2.20. The molecule has 1 aliphatic carbocycles. The Labute approximate surface area is 125 Å². The van der Waals surface area contributed by atoms with Crippen molar-refractivity contribution in [1.29, 1.82) is 0 Å². The number of carbonyl (C=O) groups is 1. The molecule has 0 saturated heterocycles. The van der Waals surface area contributed by atoms with Gasteiger partial charge in [0.25, 0.3) is 0 Å². The summed E-state index contributed by atoms with van der Waals surface area (Å²) >= 11 is 0. The molecule has 1 heterocycles. The number of rotatable bonds is 6. The van der Waals surface area contributed by atoms with Gasteiger partial charge in [0.15, 0.2) is 0 Å². The Balaban J connectivity index is 1.69. The van der Waals surface area contributed by atoms with E-state index in [2.05, 4.69) is 6.92 Å². The summed E-state index contributed by atoms with van der Waals surface area (Å²) in [7, 11) is 0. The molecule has 1 aromatic heterocycles. The first-order chi connectivity index (χ1) is 10.3. The van der Waals surface area contributed by atoms with E-state index in [0.717, 1.165) is 42.2 Å². The predicted molar refractivity (Wildman–Crippen MR) is 84.8 cm³/mol. The molecule has 1 aromatic carbocycles. The van der Waals surface area contributed by atoms with Gasteiger partial charge in [-0.1, -0.05) is 25.1 Å². The second-order valence-electron chi connectivity index (χ2n) is 5.75. The number of para-hydroxylation sites is 1. The number of fused-ring (bicyclic) bond motifs is 1. The van der Waals surface area contributed by atoms with E-state index in [9.17, 15) is 4.79 Å². The van der Waals surface area contributed by atoms with Gasteiger partial charge in [-0.25, -0.2) is 0 Å². The van der Waals surface area contributed by atoms with Gasteiger partial charge in [-0.2, -0.15) is 0 Å². The Hall–Kier alpha value is -2.03. The molecule has 0 atom stereocenters. The summed E-state index contributed by atoms with van der Waals surface area (Å²) in [6, 6.07) is 9.84. The van der Waals surface area contributed by atoms with Crippen LogP contribution in [0.5, 0.6) is 0 Å². The van der Waals surface area contributed by atoms with Crippen LogP contribution in [-0.4, -0.2) is 23.9 Å². The van der Waals surface area contributed by atoms with Crippen molar-refractivity contribution in [2.45, 2.75) is 26.2 Å². The average Bonchev–Trinajstić information content (AvgIpc) is 3.21. The van der Waals surface area contributed by atoms with Crippen LogP contribution in [0.25, 0.3) is 17.0 Å². The van der Waals surface area contributed by atoms with Crippen molar-refractivity contribution in [2.24, 2.45) is 5.92 Å². The molecule has 1 amide bonds. The topological polar surface area (TPSA) is 33.5 Å². The smallest absolute Gasteiger partial charge is 0.246 e. The van der Waals surface area contributed by atoms with Gasteiger partial charge in [0.05, 0.1) is 0 Å². The van der Waals surface area contributed by atoms with Crippen molar-refractivity contribution >= 4 is 23.0 Å². The molecule has 3 rings (SSSR count). The second-order valence-corrected chi connectivity index (χ2v) is 5.75. The zero-order chi connectivity index (χ0) is 14.7. The van der Waals surface area contributed by atoms with Crippen LogP contribution >= 0.6 is 0 Å². The number of carbonyl (C=O) groups excluding carboxylic acids is 1. The minimum absolute atomic E-state index is 0.0872. The highest BCUT2D eigenvalue weighted by molar-refractivity contribution is 5.92. The Kier molecular flexibility index (Phi) is 4.09. The first-order valence-corrected chi connectivity index (χ1v) is 7.72. The third kappa shape index (κ3) is 3.54. The standard InChI is InChI=1S/C18H21NO2/c1-2-11-19(13-14-7-8-14)18(20)10-9-16-12-15-5-3-4-6-17(15)21-16/h3-6,9-10,12,14H,2,7-8,11,13H2,1H3/b10-9+. The molecule has 1 aliphatic rings. The van der Waals surface area contributed by atoms with Gasteiger partial charge in [-0.3, -0.25) is 4.79 Å². The van der Waals surface area contributed by atoms with Crippen molar-refractivity contribution in [3.63, 3.8) is 0 Å². The van der Waals surface area contributed by atoms with Gasteiger partial charge in [-0.05, 0) is 43.4 Å². The van der Waals surface area contributed by atoms with E-state index in [1.54, 1.807) is 12.2 Å². The maximum Gasteiger partial charge on any atom is 0.246 e. The second kappa shape index (κ2) is 6.17. The summed E-state index contributed by atoms with van der Waals surface area (Å²) in [4.78, 5) is 14.2. The molecular formula is C18H21NO2. The summed E-state index contributed by atoms with van der Waals surface area (Å²) < 4.78 is 5.69. The highest BCUT2D eigenvalue weighted by Gasteiger charge is 2.25. The maximum absolute atomic E-state index is 12.3. The van der Waals surface area contributed by atoms with Crippen molar-refractivity contribution in [1.82, 2.24) is 4.90 Å². The van der Waals surface area contributed by atoms with Gasteiger partial charge in [0, 0.05) is 24.6 Å². The molecule has 0 bridgehead atoms. The van der Waals surface area contributed by atoms with Crippen LogP contribution in [-0.2, 0) is 4.79 Å². The number of nitrogens with zero attached hydrogens (tertiary/aromatic N) is 1. The lowest BCUT2D eigenvalue weighted by Crippen LogP contribution is -2.32. The Bertz CT molecular complexity index is 619. The molecule has 0 aliphatic heterocycles. The van der Waals surface area contributed by atoms with Gasteiger partial charge < -0.3 is 9.32 Å². The van der Waals surface area contributed by atoms with Crippen LogP contribution in [0.1, 0.15) is 31.9 Å². The first-order valence-electron chi connectivity index (χ1n) is 7.72. The minimum atomic E-state index is 0.0872. The zero-order valence-corrected chi connectivity index (χ0v) is 12.4. The number of amides is 1. The van der Waals surface area contributed by atoms with Crippen molar-refractivity contribution in [2.75, 3.05) is 13.1 Å². The molecule has 0 spiro atoms. The van der Waals surface area contributed by atoms with Gasteiger partial charge in [-0.15, -0.1) is 0 Å². The van der Waals surface area contributed by atoms with E-state index in [1.807, 2.05) is 35.2 Å². The normalized spacial score (nSPS) is 14.9. The summed E-state index contributed by atoms with van der Waals surface area (Å²) in [6.07, 6.45) is 6.94. The molecule has 0 unspecified atom stereocenters. The number of benzene rings is 1. The number of hydrogen-bond acceptors (Lipinski definition) is 2. The van der Waals surface area contributed by atoms with Gasteiger partial charge >= 0.3 is 0 Å². The fourth-order valence-corrected chi connectivity index (χ4v) is 2.52. The van der Waals surface area contributed by atoms with Crippen molar-refractivity contribution in [3.05, 3.63) is 42.2 Å². The van der Waals surface area contributed by atoms with E-state index < -0.39 is 0 Å². The monoisotopic (exact) mass is 283 g/mol. The predicted octanol–water partition coefficient (Wildman–Crippen LogP) is 4.09. The highest BCUT2D eigenvalue weighted by atomic mass is 16.3. The third-order valence-electron chi connectivity index (χ3n) is 3.82. The highest BCUT2D eigenvalue weighted by Crippen LogP contribution is 2.30. The Morgan fingerprint density at radius 3 is 2.90 bits per heavy atom. The Morgan fingerprint density at radius 1 is 1.38 bits per heavy atom. The van der Waals surface area contributed by atoms with E-state index >= 15 is 0 Å². The quantitative estimate of drug-likeness (QED) is 0.748. The third-order valence-corrected chi connectivity index (χ3v) is 3.82. The lowest BCUT2D eigenvalue weighted by atomic mass is 10.2. The number of furan rings is 1.